The lowest BCUT2D eigenvalue weighted by Gasteiger charge is -2.58. The summed E-state index contributed by atoms with van der Waals surface area (Å²) >= 11 is 0. The van der Waals surface area contributed by atoms with Gasteiger partial charge < -0.3 is 9.84 Å². The first-order chi connectivity index (χ1) is 16.5. The van der Waals surface area contributed by atoms with E-state index in [1.165, 1.54) is 56.9 Å². The molecule has 4 aliphatic rings. The van der Waals surface area contributed by atoms with Crippen LogP contribution in [0.4, 0.5) is 0 Å². The van der Waals surface area contributed by atoms with Crippen molar-refractivity contribution in [3.8, 4) is 0 Å². The van der Waals surface area contributed by atoms with Crippen molar-refractivity contribution < 1.29 is 19.4 Å². The highest BCUT2D eigenvalue weighted by Gasteiger charge is 2.59. The van der Waals surface area contributed by atoms with Gasteiger partial charge in [-0.05, 0) is 91.3 Å². The summed E-state index contributed by atoms with van der Waals surface area (Å²) in [5, 5.41) is 8.75. The van der Waals surface area contributed by atoms with E-state index in [1.54, 1.807) is 0 Å². The quantitative estimate of drug-likeness (QED) is 0.219. The average Bonchev–Trinajstić information content (AvgIpc) is 3.15. The largest absolute Gasteiger partial charge is 0.478 e. The maximum Gasteiger partial charge on any atom is 0.331 e. The SMILES string of the molecule is CC(C)CCC[C@@H](C)[C@H]1CC[C@H]2[C@@H]3CC=C4CC(OC(=O)/C=C\C(=O)O)CC[C@]4(C)[C@H]3CC[C@]12C. The van der Waals surface area contributed by atoms with Crippen LogP contribution < -0.4 is 0 Å². The minimum Gasteiger partial charge on any atom is -0.478 e. The Balaban J connectivity index is 1.42. The van der Waals surface area contributed by atoms with Crippen molar-refractivity contribution in [1.82, 2.24) is 0 Å². The Labute approximate surface area is 213 Å². The highest BCUT2D eigenvalue weighted by Crippen LogP contribution is 2.67. The van der Waals surface area contributed by atoms with E-state index in [2.05, 4.69) is 40.7 Å². The molecule has 35 heavy (non-hydrogen) atoms. The lowest BCUT2D eigenvalue weighted by Crippen LogP contribution is -2.51. The fraction of sp³-hybridized carbons (Fsp3) is 0.806. The molecule has 1 unspecified atom stereocenters. The summed E-state index contributed by atoms with van der Waals surface area (Å²) in [4.78, 5) is 22.7. The van der Waals surface area contributed by atoms with Crippen LogP contribution in [0.2, 0.25) is 0 Å². The molecule has 3 saturated carbocycles. The topological polar surface area (TPSA) is 63.6 Å². The monoisotopic (exact) mass is 484 g/mol. The van der Waals surface area contributed by atoms with Gasteiger partial charge in [0.05, 0.1) is 0 Å². The van der Waals surface area contributed by atoms with Crippen LogP contribution in [-0.4, -0.2) is 23.1 Å². The van der Waals surface area contributed by atoms with Gasteiger partial charge in [0.1, 0.15) is 6.10 Å². The Morgan fingerprint density at radius 2 is 1.83 bits per heavy atom. The van der Waals surface area contributed by atoms with Crippen LogP contribution in [0.15, 0.2) is 23.8 Å². The molecule has 8 atom stereocenters. The Morgan fingerprint density at radius 1 is 1.06 bits per heavy atom. The highest BCUT2D eigenvalue weighted by atomic mass is 16.5. The van der Waals surface area contributed by atoms with E-state index in [1.807, 2.05) is 0 Å². The molecule has 3 fully saturated rings. The Kier molecular flexibility index (Phi) is 7.88. The van der Waals surface area contributed by atoms with Gasteiger partial charge in [0.25, 0.3) is 0 Å². The number of carbonyl (C=O) groups excluding carboxylic acids is 1. The molecular formula is C31H48O4. The van der Waals surface area contributed by atoms with Crippen LogP contribution in [0.3, 0.4) is 0 Å². The molecule has 4 rings (SSSR count). The molecule has 0 aromatic rings. The van der Waals surface area contributed by atoms with Crippen LogP contribution in [0.25, 0.3) is 0 Å². The molecule has 0 aromatic carbocycles. The second-order valence-corrected chi connectivity index (χ2v) is 13.3. The zero-order chi connectivity index (χ0) is 25.4. The van der Waals surface area contributed by atoms with E-state index >= 15 is 0 Å². The molecule has 0 saturated heterocycles. The molecule has 0 aliphatic heterocycles. The fourth-order valence-corrected chi connectivity index (χ4v) is 9.10. The number of hydrogen-bond donors (Lipinski definition) is 1. The molecule has 4 aliphatic carbocycles. The minimum atomic E-state index is -1.12. The molecule has 1 N–H and O–H groups in total. The molecule has 196 valence electrons. The Morgan fingerprint density at radius 3 is 2.54 bits per heavy atom. The van der Waals surface area contributed by atoms with Crippen LogP contribution >= 0.6 is 0 Å². The van der Waals surface area contributed by atoms with Gasteiger partial charge in [-0.15, -0.1) is 0 Å². The van der Waals surface area contributed by atoms with E-state index in [9.17, 15) is 9.59 Å². The van der Waals surface area contributed by atoms with Crippen molar-refractivity contribution >= 4 is 11.9 Å². The van der Waals surface area contributed by atoms with Crippen molar-refractivity contribution in [2.45, 2.75) is 111 Å². The standard InChI is InChI=1S/C31H48O4/c1-20(2)7-6-8-21(3)25-11-12-26-24-10-9-22-19-23(35-29(34)14-13-28(32)33)15-17-30(22,4)27(24)16-18-31(25,26)5/h9,13-14,20-21,23-27H,6-8,10-12,15-19H2,1-5H3,(H,32,33)/b14-13-/t21-,23?,24+,25-,26+,27+,30+,31-/m1/s1. The number of carboxylic acids is 1. The predicted molar refractivity (Wildman–Crippen MR) is 140 cm³/mol. The lowest BCUT2D eigenvalue weighted by atomic mass is 9.47. The van der Waals surface area contributed by atoms with Crippen LogP contribution in [0.5, 0.6) is 0 Å². The number of hydrogen-bond acceptors (Lipinski definition) is 3. The summed E-state index contributed by atoms with van der Waals surface area (Å²) in [5.74, 6) is 3.27. The molecule has 0 amide bonds. The van der Waals surface area contributed by atoms with E-state index in [0.29, 0.717) is 5.41 Å². The van der Waals surface area contributed by atoms with Crippen molar-refractivity contribution in [2.75, 3.05) is 0 Å². The van der Waals surface area contributed by atoms with Gasteiger partial charge >= 0.3 is 11.9 Å². The zero-order valence-corrected chi connectivity index (χ0v) is 22.7. The van der Waals surface area contributed by atoms with E-state index in [0.717, 1.165) is 66.9 Å². The maximum absolute atomic E-state index is 12.0. The second kappa shape index (κ2) is 10.4. The molecule has 0 heterocycles. The van der Waals surface area contributed by atoms with Crippen molar-refractivity contribution in [3.05, 3.63) is 23.8 Å². The summed E-state index contributed by atoms with van der Waals surface area (Å²) in [6.07, 6.45) is 17.9. The summed E-state index contributed by atoms with van der Waals surface area (Å²) < 4.78 is 5.61. The van der Waals surface area contributed by atoms with Gasteiger partial charge in [-0.3, -0.25) is 0 Å². The maximum atomic E-state index is 12.0. The first kappa shape index (κ1) is 26.5. The smallest absolute Gasteiger partial charge is 0.331 e. The number of esters is 1. The number of carbonyl (C=O) groups is 2. The van der Waals surface area contributed by atoms with E-state index in [4.69, 9.17) is 9.84 Å². The van der Waals surface area contributed by atoms with Crippen molar-refractivity contribution in [3.63, 3.8) is 0 Å². The first-order valence-corrected chi connectivity index (χ1v) is 14.4. The van der Waals surface area contributed by atoms with Crippen molar-refractivity contribution in [1.29, 1.82) is 0 Å². The third-order valence-corrected chi connectivity index (χ3v) is 10.9. The van der Waals surface area contributed by atoms with Gasteiger partial charge in [-0.25, -0.2) is 9.59 Å². The Hall–Kier alpha value is -1.58. The number of fused-ring (bicyclic) bond motifs is 5. The van der Waals surface area contributed by atoms with Gasteiger partial charge in [-0.1, -0.05) is 65.5 Å². The normalized spacial score (nSPS) is 39.5. The van der Waals surface area contributed by atoms with Gasteiger partial charge in [0, 0.05) is 18.6 Å². The molecule has 0 radical (unpaired) electrons. The molecule has 0 aromatic heterocycles. The summed E-state index contributed by atoms with van der Waals surface area (Å²) in [7, 11) is 0. The Bertz CT molecular complexity index is 856. The third kappa shape index (κ3) is 5.27. The van der Waals surface area contributed by atoms with E-state index < -0.39 is 11.9 Å². The predicted octanol–water partition coefficient (Wildman–Crippen LogP) is 7.58. The second-order valence-electron chi connectivity index (χ2n) is 13.3. The average molecular weight is 485 g/mol. The third-order valence-electron chi connectivity index (χ3n) is 10.9. The number of ether oxygens (including phenoxy) is 1. The van der Waals surface area contributed by atoms with Gasteiger partial charge in [0.2, 0.25) is 0 Å². The fourth-order valence-electron chi connectivity index (χ4n) is 9.10. The van der Waals surface area contributed by atoms with Crippen LogP contribution in [-0.2, 0) is 14.3 Å². The number of aliphatic carboxylic acids is 1. The van der Waals surface area contributed by atoms with Crippen LogP contribution in [0, 0.1) is 46.3 Å². The summed E-state index contributed by atoms with van der Waals surface area (Å²) in [5.41, 5.74) is 2.22. The number of allylic oxidation sites excluding steroid dienone is 1. The van der Waals surface area contributed by atoms with E-state index in [-0.39, 0.29) is 11.5 Å². The summed E-state index contributed by atoms with van der Waals surface area (Å²) in [6.45, 7) is 12.4. The molecule has 0 bridgehead atoms. The molecule has 4 heteroatoms. The van der Waals surface area contributed by atoms with Gasteiger partial charge in [0.15, 0.2) is 0 Å². The highest BCUT2D eigenvalue weighted by molar-refractivity contribution is 5.90. The molecule has 0 spiro atoms. The number of rotatable bonds is 8. The van der Waals surface area contributed by atoms with Crippen molar-refractivity contribution in [2.24, 2.45) is 46.3 Å². The van der Waals surface area contributed by atoms with Crippen LogP contribution in [0.1, 0.15) is 105 Å². The number of carboxylic acid groups (broad SMARTS) is 1. The minimum absolute atomic E-state index is 0.131. The molecular weight excluding hydrogens is 436 g/mol. The molecule has 4 nitrogen and oxygen atoms in total. The summed E-state index contributed by atoms with van der Waals surface area (Å²) in [6, 6.07) is 0. The van der Waals surface area contributed by atoms with Gasteiger partial charge in [-0.2, -0.15) is 0 Å². The lowest BCUT2D eigenvalue weighted by molar-refractivity contribution is -0.146. The first-order valence-electron chi connectivity index (χ1n) is 14.4. The zero-order valence-electron chi connectivity index (χ0n) is 22.7.